The van der Waals surface area contributed by atoms with Crippen molar-refractivity contribution >= 4 is 23.9 Å². The first-order valence-corrected chi connectivity index (χ1v) is 11.4. The van der Waals surface area contributed by atoms with Gasteiger partial charge in [0.25, 0.3) is 8.32 Å². The van der Waals surface area contributed by atoms with Crippen molar-refractivity contribution in [2.24, 2.45) is 0 Å². The van der Waals surface area contributed by atoms with Crippen molar-refractivity contribution in [1.29, 1.82) is 0 Å². The van der Waals surface area contributed by atoms with E-state index < -0.39 is 8.32 Å². The van der Waals surface area contributed by atoms with Crippen molar-refractivity contribution in [3.8, 4) is 0 Å². The molecule has 0 spiro atoms. The third-order valence-corrected chi connectivity index (χ3v) is 9.04. The highest BCUT2D eigenvalue weighted by Gasteiger charge is 2.44. The van der Waals surface area contributed by atoms with Crippen LogP contribution in [0.5, 0.6) is 0 Å². The van der Waals surface area contributed by atoms with E-state index in [1.165, 1.54) is 15.6 Å². The van der Waals surface area contributed by atoms with Crippen molar-refractivity contribution in [3.63, 3.8) is 0 Å². The highest BCUT2D eigenvalue weighted by molar-refractivity contribution is 7.07. The molecule has 142 valence electrons. The maximum absolute atomic E-state index is 6.95. The summed E-state index contributed by atoms with van der Waals surface area (Å²) in [5, 5.41) is 3.58. The summed E-state index contributed by atoms with van der Waals surface area (Å²) < 4.78 is 18.4. The van der Waals surface area contributed by atoms with Crippen molar-refractivity contribution in [2.45, 2.75) is 19.0 Å². The summed E-state index contributed by atoms with van der Waals surface area (Å²) in [6.07, 6.45) is 3.94. The molecule has 0 aliphatic carbocycles. The Bertz CT molecular complexity index is 800. The molecule has 0 N–H and O–H groups in total. The Kier molecular flexibility index (Phi) is 5.83. The molecular formula is C24H24O3Si. The Hall–Kier alpha value is -2.50. The van der Waals surface area contributed by atoms with Crippen LogP contribution in [0.2, 0.25) is 0 Å². The maximum atomic E-state index is 6.95. The van der Waals surface area contributed by atoms with E-state index in [9.17, 15) is 0 Å². The summed E-state index contributed by atoms with van der Waals surface area (Å²) in [4.78, 5) is 0. The molecule has 2 atom stereocenters. The van der Waals surface area contributed by atoms with Crippen molar-refractivity contribution in [3.05, 3.63) is 103 Å². The van der Waals surface area contributed by atoms with Gasteiger partial charge in [-0.15, -0.1) is 0 Å². The van der Waals surface area contributed by atoms with Gasteiger partial charge in [0.15, 0.2) is 12.6 Å². The van der Waals surface area contributed by atoms with Gasteiger partial charge in [-0.2, -0.15) is 0 Å². The minimum atomic E-state index is -2.77. The largest absolute Gasteiger partial charge is 0.378 e. The molecule has 0 fully saturated rings. The van der Waals surface area contributed by atoms with E-state index in [2.05, 4.69) is 78.9 Å². The van der Waals surface area contributed by atoms with Gasteiger partial charge in [-0.25, -0.2) is 0 Å². The second-order valence-corrected chi connectivity index (χ2v) is 10.1. The minimum Gasteiger partial charge on any atom is -0.378 e. The molecule has 1 heterocycles. The molecule has 0 saturated heterocycles. The normalized spacial score (nSPS) is 19.5. The summed E-state index contributed by atoms with van der Waals surface area (Å²) in [5.74, 6) is 0. The average molecular weight is 389 g/mol. The molecular weight excluding hydrogens is 364 g/mol. The molecule has 3 nitrogen and oxygen atoms in total. The van der Waals surface area contributed by atoms with E-state index in [1.54, 1.807) is 7.11 Å². The number of ether oxygens (including phenoxy) is 2. The molecule has 0 aromatic heterocycles. The number of hydrogen-bond donors (Lipinski definition) is 0. The number of rotatable bonds is 6. The van der Waals surface area contributed by atoms with E-state index in [4.69, 9.17) is 13.9 Å². The van der Waals surface area contributed by atoms with Gasteiger partial charge in [0, 0.05) is 13.5 Å². The number of methoxy groups -OCH3 is 1. The van der Waals surface area contributed by atoms with Crippen LogP contribution in [0, 0.1) is 0 Å². The van der Waals surface area contributed by atoms with Crippen LogP contribution in [0.3, 0.4) is 0 Å². The van der Waals surface area contributed by atoms with Crippen molar-refractivity contribution < 1.29 is 13.9 Å². The summed E-state index contributed by atoms with van der Waals surface area (Å²) in [7, 11) is -1.12. The minimum absolute atomic E-state index is 0.373. The SMILES string of the molecule is CO[C@@H]1C=CC[C@H](O[Si](c2ccccc2)(c2ccccc2)c2ccccc2)O1. The van der Waals surface area contributed by atoms with Gasteiger partial charge in [-0.3, -0.25) is 0 Å². The van der Waals surface area contributed by atoms with Gasteiger partial charge in [-0.1, -0.05) is 97.1 Å². The summed E-state index contributed by atoms with van der Waals surface area (Å²) in [6.45, 7) is 0. The second kappa shape index (κ2) is 8.67. The zero-order valence-corrected chi connectivity index (χ0v) is 16.9. The third kappa shape index (κ3) is 3.73. The maximum Gasteiger partial charge on any atom is 0.290 e. The van der Waals surface area contributed by atoms with Crippen LogP contribution in [0.4, 0.5) is 0 Å². The van der Waals surface area contributed by atoms with Gasteiger partial charge in [0.05, 0.1) is 0 Å². The first kappa shape index (κ1) is 18.8. The smallest absolute Gasteiger partial charge is 0.290 e. The van der Waals surface area contributed by atoms with Crippen LogP contribution < -0.4 is 15.6 Å². The zero-order valence-electron chi connectivity index (χ0n) is 15.9. The zero-order chi connectivity index (χ0) is 19.2. The first-order chi connectivity index (χ1) is 13.8. The van der Waals surface area contributed by atoms with E-state index in [-0.39, 0.29) is 12.6 Å². The number of hydrogen-bond acceptors (Lipinski definition) is 3. The van der Waals surface area contributed by atoms with E-state index >= 15 is 0 Å². The molecule has 4 rings (SSSR count). The summed E-state index contributed by atoms with van der Waals surface area (Å²) in [6, 6.07) is 31.6. The van der Waals surface area contributed by atoms with Crippen LogP contribution in [0.1, 0.15) is 6.42 Å². The van der Waals surface area contributed by atoms with Crippen LogP contribution >= 0.6 is 0 Å². The molecule has 1 aliphatic heterocycles. The lowest BCUT2D eigenvalue weighted by Crippen LogP contribution is -2.70. The highest BCUT2D eigenvalue weighted by Crippen LogP contribution is 2.20. The fourth-order valence-corrected chi connectivity index (χ4v) is 7.62. The monoisotopic (exact) mass is 388 g/mol. The summed E-state index contributed by atoms with van der Waals surface area (Å²) in [5.41, 5.74) is 0. The fraction of sp³-hybridized carbons (Fsp3) is 0.167. The standard InChI is InChI=1S/C24H24O3Si/c1-25-23-18-11-19-24(26-23)27-28(20-12-5-2-6-13-20,21-14-7-3-8-15-21)22-16-9-4-10-17-22/h2-18,23-24H,19H2,1H3/t23-,24-/m0/s1. The molecule has 0 bridgehead atoms. The fourth-order valence-electron chi connectivity index (χ4n) is 3.68. The molecule has 0 saturated carbocycles. The Morgan fingerprint density at radius 3 is 1.64 bits per heavy atom. The lowest BCUT2D eigenvalue weighted by molar-refractivity contribution is -0.193. The van der Waals surface area contributed by atoms with Crippen LogP contribution in [0.25, 0.3) is 0 Å². The molecule has 1 aliphatic rings. The molecule has 0 amide bonds. The molecule has 3 aromatic rings. The third-order valence-electron chi connectivity index (χ3n) is 4.99. The Morgan fingerprint density at radius 1 is 0.750 bits per heavy atom. The van der Waals surface area contributed by atoms with Crippen LogP contribution in [-0.4, -0.2) is 28.0 Å². The van der Waals surface area contributed by atoms with Crippen LogP contribution in [-0.2, 0) is 13.9 Å². The van der Waals surface area contributed by atoms with Crippen molar-refractivity contribution in [2.75, 3.05) is 7.11 Å². The van der Waals surface area contributed by atoms with E-state index in [0.717, 1.165) is 0 Å². The lowest BCUT2D eigenvalue weighted by atomic mass is 10.3. The molecule has 3 aromatic carbocycles. The van der Waals surface area contributed by atoms with Gasteiger partial charge in [-0.05, 0) is 21.6 Å². The summed E-state index contributed by atoms with van der Waals surface area (Å²) >= 11 is 0. The van der Waals surface area contributed by atoms with E-state index in [1.807, 2.05) is 24.3 Å². The van der Waals surface area contributed by atoms with E-state index in [0.29, 0.717) is 6.42 Å². The Morgan fingerprint density at radius 2 is 1.21 bits per heavy atom. The molecule has 28 heavy (non-hydrogen) atoms. The Labute approximate surface area is 167 Å². The second-order valence-electron chi connectivity index (χ2n) is 6.73. The van der Waals surface area contributed by atoms with Crippen LogP contribution in [0.15, 0.2) is 103 Å². The predicted octanol–water partition coefficient (Wildman–Crippen LogP) is 2.95. The van der Waals surface area contributed by atoms with Gasteiger partial charge in [0.2, 0.25) is 0 Å². The van der Waals surface area contributed by atoms with Gasteiger partial charge < -0.3 is 13.9 Å². The predicted molar refractivity (Wildman–Crippen MR) is 114 cm³/mol. The quantitative estimate of drug-likeness (QED) is 0.369. The molecule has 4 heteroatoms. The van der Waals surface area contributed by atoms with Crippen molar-refractivity contribution in [1.82, 2.24) is 0 Å². The highest BCUT2D eigenvalue weighted by atomic mass is 28.4. The average Bonchev–Trinajstić information content (AvgIpc) is 2.79. The van der Waals surface area contributed by atoms with Gasteiger partial charge in [0.1, 0.15) is 0 Å². The molecule has 0 unspecified atom stereocenters. The Balaban J connectivity index is 1.87. The number of benzene rings is 3. The molecule has 0 radical (unpaired) electrons. The lowest BCUT2D eigenvalue weighted by Gasteiger charge is -2.37. The van der Waals surface area contributed by atoms with Gasteiger partial charge >= 0.3 is 0 Å². The first-order valence-electron chi connectivity index (χ1n) is 9.52. The topological polar surface area (TPSA) is 27.7 Å².